The van der Waals surface area contributed by atoms with E-state index >= 15 is 0 Å². The van der Waals surface area contributed by atoms with Crippen molar-refractivity contribution in [3.63, 3.8) is 0 Å². The van der Waals surface area contributed by atoms with Crippen molar-refractivity contribution in [1.82, 2.24) is 10.3 Å². The predicted octanol–water partition coefficient (Wildman–Crippen LogP) is 2.82. The van der Waals surface area contributed by atoms with Crippen LogP contribution < -0.4 is 5.32 Å². The van der Waals surface area contributed by atoms with Crippen LogP contribution in [-0.2, 0) is 22.4 Å². The van der Waals surface area contributed by atoms with Crippen LogP contribution in [0.15, 0.2) is 35.7 Å². The van der Waals surface area contributed by atoms with E-state index in [9.17, 15) is 19.8 Å². The molecule has 2 atom stereocenters. The number of nitrogens with one attached hydrogen (secondary N) is 1. The lowest BCUT2D eigenvalue weighted by atomic mass is 10.0. The van der Waals surface area contributed by atoms with Crippen molar-refractivity contribution in [1.29, 1.82) is 0 Å². The van der Waals surface area contributed by atoms with Crippen molar-refractivity contribution >= 4 is 23.3 Å². The number of hydrogen-bond donors (Lipinski definition) is 3. The largest absolute Gasteiger partial charge is 0.480 e. The maximum atomic E-state index is 11.6. The SMILES string of the molecule is CC(C)C[C@H](N[C@@H](Cc1csc(Cc2ccccc2)n1)C(=O)O)C(=O)O. The molecule has 0 radical (unpaired) electrons. The van der Waals surface area contributed by atoms with Gasteiger partial charge in [0.25, 0.3) is 0 Å². The summed E-state index contributed by atoms with van der Waals surface area (Å²) < 4.78 is 0. The third-order valence-electron chi connectivity index (χ3n) is 3.92. The minimum atomic E-state index is -1.07. The fourth-order valence-electron chi connectivity index (χ4n) is 2.68. The quantitative estimate of drug-likeness (QED) is 0.590. The van der Waals surface area contributed by atoms with Crippen LogP contribution in [0.2, 0.25) is 0 Å². The minimum Gasteiger partial charge on any atom is -0.480 e. The Kier molecular flexibility index (Phi) is 7.29. The van der Waals surface area contributed by atoms with Gasteiger partial charge in [0.2, 0.25) is 0 Å². The molecule has 3 N–H and O–H groups in total. The Morgan fingerprint density at radius 3 is 2.35 bits per heavy atom. The van der Waals surface area contributed by atoms with Gasteiger partial charge in [0.1, 0.15) is 12.1 Å². The van der Waals surface area contributed by atoms with Gasteiger partial charge in [-0.25, -0.2) is 4.98 Å². The van der Waals surface area contributed by atoms with Crippen LogP contribution in [-0.4, -0.2) is 39.2 Å². The van der Waals surface area contributed by atoms with Crippen molar-refractivity contribution in [2.75, 3.05) is 0 Å². The van der Waals surface area contributed by atoms with E-state index in [1.807, 2.05) is 49.6 Å². The van der Waals surface area contributed by atoms with Gasteiger partial charge in [-0.1, -0.05) is 44.2 Å². The molecule has 0 spiro atoms. The first-order chi connectivity index (χ1) is 12.3. The van der Waals surface area contributed by atoms with E-state index in [0.29, 0.717) is 18.5 Å². The number of nitrogens with zero attached hydrogens (tertiary/aromatic N) is 1. The molecule has 0 unspecified atom stereocenters. The van der Waals surface area contributed by atoms with Crippen LogP contribution in [0.1, 0.15) is 36.5 Å². The maximum absolute atomic E-state index is 11.6. The summed E-state index contributed by atoms with van der Waals surface area (Å²) in [4.78, 5) is 27.5. The molecule has 2 rings (SSSR count). The highest BCUT2D eigenvalue weighted by Gasteiger charge is 2.27. The molecule has 0 fully saturated rings. The lowest BCUT2D eigenvalue weighted by Crippen LogP contribution is -2.48. The zero-order valence-electron chi connectivity index (χ0n) is 14.9. The van der Waals surface area contributed by atoms with E-state index in [0.717, 1.165) is 10.6 Å². The predicted molar refractivity (Wildman–Crippen MR) is 101 cm³/mol. The Bertz CT molecular complexity index is 730. The van der Waals surface area contributed by atoms with Crippen LogP contribution >= 0.6 is 11.3 Å². The van der Waals surface area contributed by atoms with E-state index in [2.05, 4.69) is 10.3 Å². The van der Waals surface area contributed by atoms with E-state index in [-0.39, 0.29) is 12.3 Å². The second kappa shape index (κ2) is 9.45. The third kappa shape index (κ3) is 6.24. The third-order valence-corrected chi connectivity index (χ3v) is 4.81. The average Bonchev–Trinajstić information content (AvgIpc) is 3.00. The van der Waals surface area contributed by atoms with Crippen molar-refractivity contribution in [2.45, 2.75) is 45.2 Å². The molecule has 2 aromatic rings. The van der Waals surface area contributed by atoms with Crippen molar-refractivity contribution in [3.05, 3.63) is 52.0 Å². The summed E-state index contributed by atoms with van der Waals surface area (Å²) in [6, 6.07) is 8.05. The highest BCUT2D eigenvalue weighted by molar-refractivity contribution is 7.09. The Hall–Kier alpha value is -2.25. The van der Waals surface area contributed by atoms with Gasteiger partial charge in [-0.3, -0.25) is 14.9 Å². The van der Waals surface area contributed by atoms with Gasteiger partial charge in [-0.2, -0.15) is 0 Å². The van der Waals surface area contributed by atoms with Crippen LogP contribution in [0.5, 0.6) is 0 Å². The molecule has 0 aliphatic carbocycles. The molecule has 140 valence electrons. The average molecular weight is 376 g/mol. The number of hydrogen-bond acceptors (Lipinski definition) is 5. The molecule has 1 heterocycles. The fraction of sp³-hybridized carbons (Fsp3) is 0.421. The molecular weight excluding hydrogens is 352 g/mol. The molecule has 0 aliphatic heterocycles. The second-order valence-corrected chi connectivity index (χ2v) is 7.62. The number of carbonyl (C=O) groups is 2. The maximum Gasteiger partial charge on any atom is 0.321 e. The Balaban J connectivity index is 2.03. The van der Waals surface area contributed by atoms with Gasteiger partial charge in [-0.15, -0.1) is 11.3 Å². The first-order valence-electron chi connectivity index (χ1n) is 8.54. The fourth-order valence-corrected chi connectivity index (χ4v) is 3.52. The number of aromatic nitrogens is 1. The first kappa shape index (κ1) is 20.1. The zero-order chi connectivity index (χ0) is 19.1. The van der Waals surface area contributed by atoms with Gasteiger partial charge < -0.3 is 10.2 Å². The van der Waals surface area contributed by atoms with Crippen molar-refractivity contribution in [3.8, 4) is 0 Å². The second-order valence-electron chi connectivity index (χ2n) is 6.68. The molecule has 1 aromatic heterocycles. The van der Waals surface area contributed by atoms with E-state index < -0.39 is 24.0 Å². The van der Waals surface area contributed by atoms with E-state index in [4.69, 9.17) is 0 Å². The smallest absolute Gasteiger partial charge is 0.321 e. The highest BCUT2D eigenvalue weighted by Crippen LogP contribution is 2.16. The number of aliphatic carboxylic acids is 2. The molecule has 6 nitrogen and oxygen atoms in total. The van der Waals surface area contributed by atoms with Gasteiger partial charge >= 0.3 is 11.9 Å². The van der Waals surface area contributed by atoms with E-state index in [1.54, 1.807) is 0 Å². The normalized spacial score (nSPS) is 13.5. The number of carboxylic acid groups (broad SMARTS) is 2. The van der Waals surface area contributed by atoms with E-state index in [1.165, 1.54) is 11.3 Å². The number of benzene rings is 1. The number of rotatable bonds is 10. The summed E-state index contributed by atoms with van der Waals surface area (Å²) in [5.74, 6) is -1.96. The molecule has 1 aromatic carbocycles. The first-order valence-corrected chi connectivity index (χ1v) is 9.42. The van der Waals surface area contributed by atoms with Crippen LogP contribution in [0.3, 0.4) is 0 Å². The summed E-state index contributed by atoms with van der Waals surface area (Å²) in [5.41, 5.74) is 1.80. The Labute approximate surface area is 156 Å². The summed E-state index contributed by atoms with van der Waals surface area (Å²) in [6.45, 7) is 3.81. The standard InChI is InChI=1S/C19H24N2O4S/c1-12(2)8-15(18(22)23)21-16(19(24)25)10-14-11-26-17(20-14)9-13-6-4-3-5-7-13/h3-7,11-12,15-16,21H,8-10H2,1-2H3,(H,22,23)(H,24,25)/t15-,16-/m0/s1. The molecule has 0 amide bonds. The lowest BCUT2D eigenvalue weighted by Gasteiger charge is -2.21. The van der Waals surface area contributed by atoms with Crippen LogP contribution in [0.25, 0.3) is 0 Å². The summed E-state index contributed by atoms with van der Waals surface area (Å²) in [5, 5.41) is 24.3. The Morgan fingerprint density at radius 2 is 1.77 bits per heavy atom. The van der Waals surface area contributed by atoms with Gasteiger partial charge in [0.05, 0.1) is 10.7 Å². The van der Waals surface area contributed by atoms with Gasteiger partial charge in [0.15, 0.2) is 0 Å². The summed E-state index contributed by atoms with van der Waals surface area (Å²) in [6.07, 6.45) is 1.22. The topological polar surface area (TPSA) is 99.5 Å². The summed E-state index contributed by atoms with van der Waals surface area (Å²) in [7, 11) is 0. The van der Waals surface area contributed by atoms with Crippen LogP contribution in [0.4, 0.5) is 0 Å². The lowest BCUT2D eigenvalue weighted by molar-refractivity contribution is -0.142. The molecule has 0 saturated carbocycles. The Morgan fingerprint density at radius 1 is 1.12 bits per heavy atom. The molecule has 0 saturated heterocycles. The molecule has 7 heteroatoms. The number of carboxylic acids is 2. The molecule has 0 aliphatic rings. The molecule has 0 bridgehead atoms. The van der Waals surface area contributed by atoms with Gasteiger partial charge in [-0.05, 0) is 17.9 Å². The monoisotopic (exact) mass is 376 g/mol. The zero-order valence-corrected chi connectivity index (χ0v) is 15.7. The van der Waals surface area contributed by atoms with Crippen molar-refractivity contribution < 1.29 is 19.8 Å². The summed E-state index contributed by atoms with van der Waals surface area (Å²) >= 11 is 1.49. The van der Waals surface area contributed by atoms with Gasteiger partial charge in [0, 0.05) is 18.2 Å². The highest BCUT2D eigenvalue weighted by atomic mass is 32.1. The molecule has 26 heavy (non-hydrogen) atoms. The minimum absolute atomic E-state index is 0.148. The molecular formula is C19H24N2O4S. The van der Waals surface area contributed by atoms with Crippen molar-refractivity contribution in [2.24, 2.45) is 5.92 Å². The van der Waals surface area contributed by atoms with Crippen LogP contribution in [0, 0.1) is 5.92 Å². The number of thiazole rings is 1.